The summed E-state index contributed by atoms with van der Waals surface area (Å²) < 4.78 is 8.41. The molecule has 6 rings (SSSR count). The van der Waals surface area contributed by atoms with Crippen LogP contribution < -0.4 is 10.9 Å². The summed E-state index contributed by atoms with van der Waals surface area (Å²) in [4.78, 5) is 40.6. The number of alkyl carbamates (subject to hydrolysis) is 1. The zero-order chi connectivity index (χ0) is 34.1. The van der Waals surface area contributed by atoms with Crippen molar-refractivity contribution in [3.63, 3.8) is 0 Å². The molecule has 2 N–H and O–H groups in total. The Balaban J connectivity index is 1.09. The lowest BCUT2D eigenvalue weighted by Crippen LogP contribution is -2.47. The molecular formula is C35H39ClN8O4. The number of halogens is 1. The molecule has 1 saturated heterocycles. The second kappa shape index (κ2) is 13.5. The molecule has 12 nitrogen and oxygen atoms in total. The summed E-state index contributed by atoms with van der Waals surface area (Å²) in [5, 5.41) is 19.4. The van der Waals surface area contributed by atoms with Gasteiger partial charge in [0.05, 0.1) is 24.2 Å². The van der Waals surface area contributed by atoms with Crippen molar-refractivity contribution in [1.29, 1.82) is 0 Å². The molecule has 13 heteroatoms. The number of amides is 1. The number of benzene rings is 2. The Bertz CT molecular complexity index is 1980. The summed E-state index contributed by atoms with van der Waals surface area (Å²) in [6, 6.07) is 13.6. The van der Waals surface area contributed by atoms with Crippen molar-refractivity contribution in [2.45, 2.75) is 64.4 Å². The number of likely N-dealkylation sites (tertiary alicyclic amines) is 1. The minimum atomic E-state index is -1.06. The molecule has 0 saturated carbocycles. The van der Waals surface area contributed by atoms with Gasteiger partial charge in [0, 0.05) is 61.8 Å². The SMILES string of the molecule is Cn1nc2c(=O)n(CC3(O)CCN(Cc4ccc(-c5cncnc5)cc4Cl)CC3)cnc2c1-c1ccc(CNC(=O)OC(C)(C)C)cc1. The summed E-state index contributed by atoms with van der Waals surface area (Å²) in [7, 11) is 1.78. The number of rotatable bonds is 8. The Kier molecular flexibility index (Phi) is 9.33. The van der Waals surface area contributed by atoms with Crippen LogP contribution in [0.3, 0.4) is 0 Å². The first-order valence-electron chi connectivity index (χ1n) is 15.8. The third-order valence-electron chi connectivity index (χ3n) is 8.47. The van der Waals surface area contributed by atoms with Crippen molar-refractivity contribution in [3.8, 4) is 22.4 Å². The van der Waals surface area contributed by atoms with Crippen molar-refractivity contribution in [3.05, 3.63) is 94.0 Å². The summed E-state index contributed by atoms with van der Waals surface area (Å²) in [5.74, 6) is 0. The molecule has 1 aliphatic rings. The Morgan fingerprint density at radius 3 is 2.38 bits per heavy atom. The number of carbonyl (C=O) groups excluding carboxylic acids is 1. The average molecular weight is 671 g/mol. The highest BCUT2D eigenvalue weighted by Crippen LogP contribution is 2.30. The van der Waals surface area contributed by atoms with E-state index in [1.807, 2.05) is 63.2 Å². The van der Waals surface area contributed by atoms with Crippen LogP contribution in [0.25, 0.3) is 33.4 Å². The van der Waals surface area contributed by atoms with Gasteiger partial charge < -0.3 is 15.2 Å². The number of aliphatic hydroxyl groups is 1. The maximum Gasteiger partial charge on any atom is 0.407 e. The predicted molar refractivity (Wildman–Crippen MR) is 183 cm³/mol. The highest BCUT2D eigenvalue weighted by atomic mass is 35.5. The van der Waals surface area contributed by atoms with Gasteiger partial charge in [-0.3, -0.25) is 18.9 Å². The van der Waals surface area contributed by atoms with Crippen LogP contribution in [0, 0.1) is 0 Å². The van der Waals surface area contributed by atoms with E-state index in [9.17, 15) is 14.7 Å². The molecule has 250 valence electrons. The Labute approximate surface area is 283 Å². The molecule has 1 fully saturated rings. The highest BCUT2D eigenvalue weighted by molar-refractivity contribution is 6.31. The highest BCUT2D eigenvalue weighted by Gasteiger charge is 2.33. The number of ether oxygens (including phenoxy) is 1. The lowest BCUT2D eigenvalue weighted by atomic mass is 9.91. The van der Waals surface area contributed by atoms with Crippen LogP contribution >= 0.6 is 11.6 Å². The molecule has 0 radical (unpaired) electrons. The molecular weight excluding hydrogens is 632 g/mol. The van der Waals surface area contributed by atoms with Crippen LogP contribution in [0.1, 0.15) is 44.7 Å². The first-order valence-corrected chi connectivity index (χ1v) is 16.2. The second-order valence-corrected chi connectivity index (χ2v) is 13.7. The standard InChI is InChI=1S/C35H39ClN8O4/c1-34(2,3)48-33(46)39-16-23-5-7-24(8-6-23)31-29-30(41-42(31)4)32(45)44(22-40-29)20-35(47)11-13-43(14-12-35)19-26-10-9-25(15-28(26)36)27-17-37-21-38-18-27/h5-10,15,17-18,21-22,47H,11-14,16,19-20H2,1-4H3,(H,39,46). The maximum absolute atomic E-state index is 13.6. The van der Waals surface area contributed by atoms with E-state index in [4.69, 9.17) is 16.3 Å². The molecule has 48 heavy (non-hydrogen) atoms. The van der Waals surface area contributed by atoms with Crippen molar-refractivity contribution in [1.82, 2.24) is 39.5 Å². The number of hydrogen-bond donors (Lipinski definition) is 2. The molecule has 0 bridgehead atoms. The van der Waals surface area contributed by atoms with Crippen LogP contribution in [0.5, 0.6) is 0 Å². The number of fused-ring (bicyclic) bond motifs is 1. The van der Waals surface area contributed by atoms with E-state index in [0.717, 1.165) is 27.8 Å². The number of aromatic nitrogens is 6. The van der Waals surface area contributed by atoms with Gasteiger partial charge in [-0.1, -0.05) is 48.0 Å². The summed E-state index contributed by atoms with van der Waals surface area (Å²) in [5.41, 5.74) is 4.10. The first kappa shape index (κ1) is 33.3. The van der Waals surface area contributed by atoms with E-state index in [1.165, 1.54) is 17.2 Å². The second-order valence-electron chi connectivity index (χ2n) is 13.3. The van der Waals surface area contributed by atoms with Gasteiger partial charge in [-0.2, -0.15) is 5.10 Å². The average Bonchev–Trinajstić information content (AvgIpc) is 3.40. The van der Waals surface area contributed by atoms with Crippen LogP contribution in [-0.2, 0) is 31.4 Å². The van der Waals surface area contributed by atoms with Gasteiger partial charge in [-0.05, 0) is 56.4 Å². The molecule has 0 atom stereocenters. The lowest BCUT2D eigenvalue weighted by molar-refractivity contribution is -0.0364. The number of nitrogens with one attached hydrogen (secondary N) is 1. The fourth-order valence-corrected chi connectivity index (χ4v) is 6.19. The molecule has 0 unspecified atom stereocenters. The molecule has 5 aromatic rings. The molecule has 2 aromatic carbocycles. The Morgan fingerprint density at radius 2 is 1.71 bits per heavy atom. The number of hydrogen-bond acceptors (Lipinski definition) is 9. The van der Waals surface area contributed by atoms with Crippen molar-refractivity contribution in [2.75, 3.05) is 13.1 Å². The number of piperidine rings is 1. The fourth-order valence-electron chi connectivity index (χ4n) is 5.95. The smallest absolute Gasteiger partial charge is 0.407 e. The van der Waals surface area contributed by atoms with Crippen molar-refractivity contribution >= 4 is 28.7 Å². The van der Waals surface area contributed by atoms with Gasteiger partial charge in [-0.25, -0.2) is 19.7 Å². The zero-order valence-electron chi connectivity index (χ0n) is 27.5. The number of nitrogens with zero attached hydrogens (tertiary/aromatic N) is 7. The van der Waals surface area contributed by atoms with E-state index < -0.39 is 17.3 Å². The van der Waals surface area contributed by atoms with Crippen molar-refractivity contribution in [2.24, 2.45) is 7.05 Å². The summed E-state index contributed by atoms with van der Waals surface area (Å²) in [6.07, 6.45) is 7.02. The monoisotopic (exact) mass is 670 g/mol. The molecule has 0 aliphatic carbocycles. The van der Waals surface area contributed by atoms with E-state index in [2.05, 4.69) is 30.3 Å². The summed E-state index contributed by atoms with van der Waals surface area (Å²) >= 11 is 6.64. The minimum absolute atomic E-state index is 0.127. The van der Waals surface area contributed by atoms with Gasteiger partial charge >= 0.3 is 6.09 Å². The van der Waals surface area contributed by atoms with Crippen molar-refractivity contribution < 1.29 is 14.6 Å². The maximum atomic E-state index is 13.6. The molecule has 3 aromatic heterocycles. The van der Waals surface area contributed by atoms with E-state index in [1.54, 1.807) is 24.1 Å². The zero-order valence-corrected chi connectivity index (χ0v) is 28.2. The van der Waals surface area contributed by atoms with E-state index in [0.29, 0.717) is 55.3 Å². The minimum Gasteiger partial charge on any atom is -0.444 e. The molecule has 1 amide bonds. The largest absolute Gasteiger partial charge is 0.444 e. The van der Waals surface area contributed by atoms with Crippen LogP contribution in [0.2, 0.25) is 5.02 Å². The van der Waals surface area contributed by atoms with Gasteiger partial charge in [0.15, 0.2) is 5.52 Å². The normalized spacial score (nSPS) is 15.0. The van der Waals surface area contributed by atoms with Gasteiger partial charge in [0.25, 0.3) is 5.56 Å². The predicted octanol–water partition coefficient (Wildman–Crippen LogP) is 4.96. The Morgan fingerprint density at radius 1 is 1.02 bits per heavy atom. The van der Waals surface area contributed by atoms with Gasteiger partial charge in [0.2, 0.25) is 0 Å². The third-order valence-corrected chi connectivity index (χ3v) is 8.82. The number of carbonyl (C=O) groups is 1. The lowest BCUT2D eigenvalue weighted by Gasteiger charge is -2.38. The van der Waals surface area contributed by atoms with E-state index in [-0.39, 0.29) is 17.6 Å². The van der Waals surface area contributed by atoms with Crippen LogP contribution in [0.15, 0.2) is 72.3 Å². The quantitative estimate of drug-likeness (QED) is 0.234. The molecule has 0 spiro atoms. The summed E-state index contributed by atoms with van der Waals surface area (Å²) in [6.45, 7) is 7.86. The van der Waals surface area contributed by atoms with Crippen LogP contribution in [-0.4, -0.2) is 69.7 Å². The fraction of sp³-hybridized carbons (Fsp3) is 0.371. The Hall–Kier alpha value is -4.65. The van der Waals surface area contributed by atoms with E-state index >= 15 is 0 Å². The molecule has 1 aliphatic heterocycles. The van der Waals surface area contributed by atoms with Gasteiger partial charge in [0.1, 0.15) is 17.4 Å². The van der Waals surface area contributed by atoms with Gasteiger partial charge in [-0.15, -0.1) is 0 Å². The topological polar surface area (TPSA) is 140 Å². The first-order chi connectivity index (χ1) is 22.9. The third kappa shape index (κ3) is 7.56. The number of aryl methyl sites for hydroxylation is 1. The molecule has 4 heterocycles. The van der Waals surface area contributed by atoms with Crippen LogP contribution in [0.4, 0.5) is 4.79 Å².